The summed E-state index contributed by atoms with van der Waals surface area (Å²) >= 11 is 0. The van der Waals surface area contributed by atoms with Crippen LogP contribution in [0.4, 0.5) is 0 Å². The lowest BCUT2D eigenvalue weighted by Gasteiger charge is -2.43. The van der Waals surface area contributed by atoms with Crippen LogP contribution in [-0.4, -0.2) is 65.9 Å². The van der Waals surface area contributed by atoms with Gasteiger partial charge in [0.25, 0.3) is 0 Å². The summed E-state index contributed by atoms with van der Waals surface area (Å²) in [5.74, 6) is -1.18. The van der Waals surface area contributed by atoms with Gasteiger partial charge in [0.05, 0.1) is 31.8 Å². The van der Waals surface area contributed by atoms with Gasteiger partial charge in [-0.05, 0) is 36.1 Å². The van der Waals surface area contributed by atoms with Gasteiger partial charge in [-0.3, -0.25) is 14.5 Å². The fourth-order valence-electron chi connectivity index (χ4n) is 5.38. The molecule has 0 radical (unpaired) electrons. The molecule has 2 aliphatic heterocycles. The van der Waals surface area contributed by atoms with E-state index < -0.39 is 12.3 Å². The molecular weight excluding hydrogens is 500 g/mol. The normalized spacial score (nSPS) is 25.5. The number of methoxy groups -OCH3 is 1. The molecule has 9 nitrogen and oxygen atoms in total. The number of nitrogens with zero attached hydrogens (tertiary/aromatic N) is 1. The summed E-state index contributed by atoms with van der Waals surface area (Å²) in [5.41, 5.74) is 3.70. The molecule has 0 spiro atoms. The van der Waals surface area contributed by atoms with E-state index in [0.29, 0.717) is 19.2 Å². The molecule has 2 heterocycles. The standard InChI is InChI=1S/C30H40N2O7/c1-20-26(17-32-15-3-4-25(32)19-37-2)38-30(39-29(20)23-9-7-22(18-33)8-10-23)24-11-5-21(6-12-24)16-31-27(34)13-14-28(35)36/h5-12,20,25-26,29-30,33H,3-4,13-19H2,1-2H3,(H,31,34)(H,35,36). The third-order valence-corrected chi connectivity index (χ3v) is 7.70. The second kappa shape index (κ2) is 14.0. The molecule has 2 aliphatic rings. The lowest BCUT2D eigenvalue weighted by molar-refractivity contribution is -0.276. The lowest BCUT2D eigenvalue weighted by Crippen LogP contribution is -2.46. The first-order chi connectivity index (χ1) is 18.9. The quantitative estimate of drug-likeness (QED) is 0.374. The molecule has 5 atom stereocenters. The van der Waals surface area contributed by atoms with Gasteiger partial charge in [0.2, 0.25) is 5.91 Å². The summed E-state index contributed by atoms with van der Waals surface area (Å²) in [6.07, 6.45) is 1.24. The molecule has 3 N–H and O–H groups in total. The van der Waals surface area contributed by atoms with Crippen LogP contribution < -0.4 is 5.32 Å². The number of likely N-dealkylation sites (tertiary alicyclic amines) is 1. The highest BCUT2D eigenvalue weighted by molar-refractivity contribution is 5.80. The number of benzene rings is 2. The second-order valence-corrected chi connectivity index (χ2v) is 10.5. The van der Waals surface area contributed by atoms with Gasteiger partial charge in [0.15, 0.2) is 6.29 Å². The predicted octanol–water partition coefficient (Wildman–Crippen LogP) is 3.56. The zero-order chi connectivity index (χ0) is 27.8. The van der Waals surface area contributed by atoms with Gasteiger partial charge in [-0.2, -0.15) is 0 Å². The number of carboxylic acids is 1. The Kier molecular flexibility index (Phi) is 10.5. The Morgan fingerprint density at radius 2 is 1.72 bits per heavy atom. The number of rotatable bonds is 12. The monoisotopic (exact) mass is 540 g/mol. The minimum atomic E-state index is -0.990. The maximum atomic E-state index is 11.9. The number of nitrogens with one attached hydrogen (secondary N) is 1. The number of aliphatic hydroxyl groups excluding tert-OH is 1. The molecule has 2 saturated heterocycles. The average Bonchev–Trinajstić information content (AvgIpc) is 3.39. The smallest absolute Gasteiger partial charge is 0.303 e. The Bertz CT molecular complexity index is 1080. The fraction of sp³-hybridized carbons (Fsp3) is 0.533. The van der Waals surface area contributed by atoms with E-state index in [1.165, 1.54) is 0 Å². The summed E-state index contributed by atoms with van der Waals surface area (Å²) in [6.45, 7) is 5.01. The molecule has 2 aromatic carbocycles. The molecule has 0 bridgehead atoms. The van der Waals surface area contributed by atoms with Crippen molar-refractivity contribution in [2.45, 2.75) is 70.3 Å². The first-order valence-corrected chi connectivity index (χ1v) is 13.7. The highest BCUT2D eigenvalue weighted by atomic mass is 16.7. The Morgan fingerprint density at radius 3 is 2.38 bits per heavy atom. The Hall–Kier alpha value is -2.82. The molecular formula is C30H40N2O7. The number of aliphatic hydroxyl groups is 1. The minimum absolute atomic E-state index is 0.00206. The van der Waals surface area contributed by atoms with E-state index in [9.17, 15) is 14.7 Å². The van der Waals surface area contributed by atoms with Gasteiger partial charge in [0, 0.05) is 44.1 Å². The number of carbonyl (C=O) groups is 2. The Labute approximate surface area is 230 Å². The number of hydrogen-bond acceptors (Lipinski definition) is 7. The predicted molar refractivity (Wildman–Crippen MR) is 145 cm³/mol. The van der Waals surface area contributed by atoms with Crippen molar-refractivity contribution < 1.29 is 34.0 Å². The van der Waals surface area contributed by atoms with Gasteiger partial charge in [-0.25, -0.2) is 0 Å². The van der Waals surface area contributed by atoms with Crippen molar-refractivity contribution in [2.75, 3.05) is 26.8 Å². The van der Waals surface area contributed by atoms with Crippen LogP contribution in [0.2, 0.25) is 0 Å². The zero-order valence-electron chi connectivity index (χ0n) is 22.8. The van der Waals surface area contributed by atoms with Crippen molar-refractivity contribution in [3.05, 3.63) is 70.8 Å². The molecule has 2 aromatic rings. The van der Waals surface area contributed by atoms with Crippen LogP contribution in [0.3, 0.4) is 0 Å². The van der Waals surface area contributed by atoms with Crippen molar-refractivity contribution >= 4 is 11.9 Å². The fourth-order valence-corrected chi connectivity index (χ4v) is 5.38. The van der Waals surface area contributed by atoms with Gasteiger partial charge in [-0.15, -0.1) is 0 Å². The van der Waals surface area contributed by atoms with E-state index in [4.69, 9.17) is 19.3 Å². The van der Waals surface area contributed by atoms with E-state index >= 15 is 0 Å². The minimum Gasteiger partial charge on any atom is -0.481 e. The number of aliphatic carboxylic acids is 1. The number of hydrogen-bond donors (Lipinski definition) is 3. The van der Waals surface area contributed by atoms with E-state index in [0.717, 1.165) is 48.2 Å². The molecule has 39 heavy (non-hydrogen) atoms. The van der Waals surface area contributed by atoms with Crippen molar-refractivity contribution in [2.24, 2.45) is 5.92 Å². The van der Waals surface area contributed by atoms with Gasteiger partial charge in [0.1, 0.15) is 0 Å². The van der Waals surface area contributed by atoms with E-state index in [2.05, 4.69) is 17.1 Å². The zero-order valence-corrected chi connectivity index (χ0v) is 22.8. The molecule has 0 saturated carbocycles. The Morgan fingerprint density at radius 1 is 1.03 bits per heavy atom. The number of carbonyl (C=O) groups excluding carboxylic acids is 1. The molecule has 4 rings (SSSR count). The van der Waals surface area contributed by atoms with Crippen LogP contribution in [0.1, 0.15) is 67.3 Å². The molecule has 1 amide bonds. The van der Waals surface area contributed by atoms with Crippen LogP contribution in [0.15, 0.2) is 48.5 Å². The highest BCUT2D eigenvalue weighted by Gasteiger charge is 2.40. The summed E-state index contributed by atoms with van der Waals surface area (Å²) in [6, 6.07) is 16.0. The Balaban J connectivity index is 1.48. The topological polar surface area (TPSA) is 118 Å². The van der Waals surface area contributed by atoms with Crippen LogP contribution >= 0.6 is 0 Å². The van der Waals surface area contributed by atoms with Crippen molar-refractivity contribution in [1.82, 2.24) is 10.2 Å². The largest absolute Gasteiger partial charge is 0.481 e. The third-order valence-electron chi connectivity index (χ3n) is 7.70. The first-order valence-electron chi connectivity index (χ1n) is 13.7. The molecule has 0 aromatic heterocycles. The van der Waals surface area contributed by atoms with Crippen molar-refractivity contribution in [3.63, 3.8) is 0 Å². The highest BCUT2D eigenvalue weighted by Crippen LogP contribution is 2.42. The number of carboxylic acid groups (broad SMARTS) is 1. The third kappa shape index (κ3) is 7.86. The average molecular weight is 541 g/mol. The first kappa shape index (κ1) is 29.2. The second-order valence-electron chi connectivity index (χ2n) is 10.5. The molecule has 9 heteroatoms. The summed E-state index contributed by atoms with van der Waals surface area (Å²) in [5, 5.41) is 21.0. The maximum absolute atomic E-state index is 11.9. The van der Waals surface area contributed by atoms with E-state index in [1.54, 1.807) is 7.11 Å². The molecule has 2 fully saturated rings. The van der Waals surface area contributed by atoms with Crippen LogP contribution in [0.5, 0.6) is 0 Å². The van der Waals surface area contributed by atoms with Crippen LogP contribution in [0.25, 0.3) is 0 Å². The summed E-state index contributed by atoms with van der Waals surface area (Å²) in [4.78, 5) is 25.0. The SMILES string of the molecule is COCC1CCCN1CC1OC(c2ccc(CNC(=O)CCC(=O)O)cc2)OC(c2ccc(CO)cc2)C1C. The van der Waals surface area contributed by atoms with Gasteiger partial charge >= 0.3 is 5.97 Å². The van der Waals surface area contributed by atoms with Gasteiger partial charge < -0.3 is 29.7 Å². The van der Waals surface area contributed by atoms with Crippen LogP contribution in [-0.2, 0) is 37.0 Å². The number of amides is 1. The molecule has 0 aliphatic carbocycles. The van der Waals surface area contributed by atoms with E-state index in [-0.39, 0.29) is 43.5 Å². The lowest BCUT2D eigenvalue weighted by atomic mass is 9.90. The van der Waals surface area contributed by atoms with Crippen molar-refractivity contribution in [3.8, 4) is 0 Å². The summed E-state index contributed by atoms with van der Waals surface area (Å²) < 4.78 is 18.6. The van der Waals surface area contributed by atoms with E-state index in [1.807, 2.05) is 48.5 Å². The molecule has 5 unspecified atom stereocenters. The van der Waals surface area contributed by atoms with Crippen molar-refractivity contribution in [1.29, 1.82) is 0 Å². The van der Waals surface area contributed by atoms with Gasteiger partial charge in [-0.1, -0.05) is 55.5 Å². The maximum Gasteiger partial charge on any atom is 0.303 e. The number of ether oxygens (including phenoxy) is 3. The summed E-state index contributed by atoms with van der Waals surface area (Å²) in [7, 11) is 1.75. The molecule has 212 valence electrons. The van der Waals surface area contributed by atoms with Crippen LogP contribution in [0, 0.1) is 5.92 Å².